The van der Waals surface area contributed by atoms with Gasteiger partial charge in [-0.15, -0.1) is 6.58 Å². The van der Waals surface area contributed by atoms with Crippen molar-refractivity contribution in [1.82, 2.24) is 5.32 Å². The first-order chi connectivity index (χ1) is 13.0. The molecule has 2 aromatic carbocycles. The van der Waals surface area contributed by atoms with Crippen molar-refractivity contribution in [2.45, 2.75) is 25.3 Å². The summed E-state index contributed by atoms with van der Waals surface area (Å²) in [5.41, 5.74) is 5.79. The van der Waals surface area contributed by atoms with Gasteiger partial charge in [-0.05, 0) is 55.2 Å². The molecule has 0 aromatic heterocycles. The molecule has 27 heavy (non-hydrogen) atoms. The fourth-order valence-corrected chi connectivity index (χ4v) is 3.86. The van der Waals surface area contributed by atoms with Crippen LogP contribution < -0.4 is 10.6 Å². The molecular formula is C24H23FN2. The van der Waals surface area contributed by atoms with Crippen molar-refractivity contribution in [3.63, 3.8) is 0 Å². The molecule has 0 fully saturated rings. The summed E-state index contributed by atoms with van der Waals surface area (Å²) < 4.78 is 14.0. The summed E-state index contributed by atoms with van der Waals surface area (Å²) in [6, 6.07) is 15.6. The third-order valence-electron chi connectivity index (χ3n) is 4.94. The molecule has 1 unspecified atom stereocenters. The Labute approximate surface area is 159 Å². The van der Waals surface area contributed by atoms with Crippen LogP contribution in [0.25, 0.3) is 6.08 Å². The lowest BCUT2D eigenvalue weighted by molar-refractivity contribution is 0.387. The standard InChI is InChI=1S/C24H23FN2/c1-17(2)14-24(15-18-7-4-3-5-8-18)16-22(27-24)19-11-12-26-23-20(13-19)9-6-10-21(23)25/h3-13,16,26-27H,1,14-15H2,2H3. The molecule has 2 N–H and O–H groups in total. The van der Waals surface area contributed by atoms with Crippen LogP contribution in [0.2, 0.25) is 0 Å². The van der Waals surface area contributed by atoms with E-state index in [4.69, 9.17) is 0 Å². The topological polar surface area (TPSA) is 24.1 Å². The van der Waals surface area contributed by atoms with Gasteiger partial charge in [-0.25, -0.2) is 4.39 Å². The number of halogens is 1. The van der Waals surface area contributed by atoms with Gasteiger partial charge in [-0.3, -0.25) is 0 Å². The minimum Gasteiger partial charge on any atom is -0.375 e. The number of hydrogen-bond donors (Lipinski definition) is 2. The number of rotatable bonds is 5. The lowest BCUT2D eigenvalue weighted by atomic mass is 9.78. The van der Waals surface area contributed by atoms with Crippen molar-refractivity contribution in [3.8, 4) is 0 Å². The van der Waals surface area contributed by atoms with Crippen LogP contribution >= 0.6 is 0 Å². The minimum absolute atomic E-state index is 0.123. The van der Waals surface area contributed by atoms with E-state index in [1.54, 1.807) is 12.3 Å². The van der Waals surface area contributed by atoms with Gasteiger partial charge in [0.15, 0.2) is 0 Å². The van der Waals surface area contributed by atoms with E-state index in [1.165, 1.54) is 11.6 Å². The van der Waals surface area contributed by atoms with Crippen LogP contribution in [-0.4, -0.2) is 5.54 Å². The van der Waals surface area contributed by atoms with Crippen molar-refractivity contribution in [2.75, 3.05) is 5.32 Å². The Morgan fingerprint density at radius 3 is 2.63 bits per heavy atom. The first-order valence-corrected chi connectivity index (χ1v) is 9.18. The third kappa shape index (κ3) is 3.59. The van der Waals surface area contributed by atoms with Crippen LogP contribution in [0.15, 0.2) is 90.3 Å². The molecule has 0 amide bonds. The Kier molecular flexibility index (Phi) is 4.44. The van der Waals surface area contributed by atoms with Crippen molar-refractivity contribution >= 4 is 11.8 Å². The fraction of sp³-hybridized carbons (Fsp3) is 0.167. The number of benzene rings is 2. The van der Waals surface area contributed by atoms with E-state index >= 15 is 0 Å². The van der Waals surface area contributed by atoms with Crippen LogP contribution in [0.4, 0.5) is 10.1 Å². The Balaban J connectivity index is 1.65. The molecule has 0 bridgehead atoms. The van der Waals surface area contributed by atoms with Gasteiger partial charge < -0.3 is 10.6 Å². The maximum absolute atomic E-state index is 14.0. The molecule has 3 heteroatoms. The second-order valence-electron chi connectivity index (χ2n) is 7.42. The summed E-state index contributed by atoms with van der Waals surface area (Å²) in [7, 11) is 0. The quantitative estimate of drug-likeness (QED) is 0.682. The summed E-state index contributed by atoms with van der Waals surface area (Å²) in [6.45, 7) is 6.17. The van der Waals surface area contributed by atoms with Crippen LogP contribution in [-0.2, 0) is 6.42 Å². The van der Waals surface area contributed by atoms with Gasteiger partial charge >= 0.3 is 0 Å². The number of nitrogens with one attached hydrogen (secondary N) is 2. The zero-order valence-electron chi connectivity index (χ0n) is 15.4. The van der Waals surface area contributed by atoms with E-state index in [1.807, 2.05) is 24.3 Å². The average Bonchev–Trinajstić information content (AvgIpc) is 2.83. The molecule has 1 atom stereocenters. The molecule has 0 saturated carbocycles. The first-order valence-electron chi connectivity index (χ1n) is 9.18. The highest BCUT2D eigenvalue weighted by atomic mass is 19.1. The Morgan fingerprint density at radius 1 is 1.11 bits per heavy atom. The van der Waals surface area contributed by atoms with Crippen molar-refractivity contribution < 1.29 is 4.39 Å². The van der Waals surface area contributed by atoms with E-state index in [0.29, 0.717) is 5.69 Å². The second-order valence-corrected chi connectivity index (χ2v) is 7.42. The second kappa shape index (κ2) is 6.92. The van der Waals surface area contributed by atoms with Crippen molar-refractivity contribution in [1.29, 1.82) is 0 Å². The SMILES string of the molecule is C=C(C)CC1(Cc2ccccc2)C=C(C2=Cc3cccc(F)c3NC=C2)N1. The zero-order valence-corrected chi connectivity index (χ0v) is 15.4. The van der Waals surface area contributed by atoms with E-state index in [9.17, 15) is 4.39 Å². The zero-order chi connectivity index (χ0) is 18.9. The highest BCUT2D eigenvalue weighted by Gasteiger charge is 2.37. The summed E-state index contributed by atoms with van der Waals surface area (Å²) in [6.07, 6.45) is 9.86. The van der Waals surface area contributed by atoms with Crippen LogP contribution in [0.3, 0.4) is 0 Å². The molecule has 2 aliphatic rings. The van der Waals surface area contributed by atoms with Gasteiger partial charge in [0.1, 0.15) is 5.82 Å². The Bertz CT molecular complexity index is 969. The summed E-state index contributed by atoms with van der Waals surface area (Å²) >= 11 is 0. The molecule has 2 nitrogen and oxygen atoms in total. The van der Waals surface area contributed by atoms with E-state index in [2.05, 4.69) is 54.5 Å². The largest absolute Gasteiger partial charge is 0.375 e. The molecule has 0 aliphatic carbocycles. The van der Waals surface area contributed by atoms with Gasteiger partial charge in [0.05, 0.1) is 11.2 Å². The first kappa shape index (κ1) is 17.3. The monoisotopic (exact) mass is 358 g/mol. The number of para-hydroxylation sites is 1. The van der Waals surface area contributed by atoms with Gasteiger partial charge in [0.2, 0.25) is 0 Å². The number of allylic oxidation sites excluding steroid dienone is 1. The summed E-state index contributed by atoms with van der Waals surface area (Å²) in [5.74, 6) is -0.245. The molecule has 0 spiro atoms. The molecular weight excluding hydrogens is 335 g/mol. The van der Waals surface area contributed by atoms with E-state index < -0.39 is 0 Å². The van der Waals surface area contributed by atoms with Crippen LogP contribution in [0.5, 0.6) is 0 Å². The normalized spacial score (nSPS) is 20.2. The molecule has 2 aliphatic heterocycles. The van der Waals surface area contributed by atoms with Gasteiger partial charge in [-0.1, -0.05) is 48.0 Å². The lowest BCUT2D eigenvalue weighted by Gasteiger charge is -2.43. The van der Waals surface area contributed by atoms with Crippen molar-refractivity contribution in [2.24, 2.45) is 0 Å². The highest BCUT2D eigenvalue weighted by Crippen LogP contribution is 2.36. The van der Waals surface area contributed by atoms with Crippen molar-refractivity contribution in [3.05, 3.63) is 107 Å². The summed E-state index contributed by atoms with van der Waals surface area (Å²) in [4.78, 5) is 0. The maximum atomic E-state index is 14.0. The van der Waals surface area contributed by atoms with Gasteiger partial charge in [0.25, 0.3) is 0 Å². The number of anilines is 1. The van der Waals surface area contributed by atoms with E-state index in [-0.39, 0.29) is 11.4 Å². The molecule has 136 valence electrons. The lowest BCUT2D eigenvalue weighted by Crippen LogP contribution is -2.53. The third-order valence-corrected chi connectivity index (χ3v) is 4.94. The van der Waals surface area contributed by atoms with Crippen LogP contribution in [0, 0.1) is 5.82 Å². The number of hydrogen-bond acceptors (Lipinski definition) is 2. The fourth-order valence-electron chi connectivity index (χ4n) is 3.86. The van der Waals surface area contributed by atoms with E-state index in [0.717, 1.165) is 35.2 Å². The summed E-state index contributed by atoms with van der Waals surface area (Å²) in [5, 5.41) is 6.72. The maximum Gasteiger partial charge on any atom is 0.147 e. The Morgan fingerprint density at radius 2 is 1.89 bits per heavy atom. The Hall–Kier alpha value is -3.07. The predicted octanol–water partition coefficient (Wildman–Crippen LogP) is 5.58. The number of fused-ring (bicyclic) bond motifs is 1. The van der Waals surface area contributed by atoms with Gasteiger partial charge in [-0.2, -0.15) is 0 Å². The van der Waals surface area contributed by atoms with Gasteiger partial charge in [0, 0.05) is 17.5 Å². The highest BCUT2D eigenvalue weighted by molar-refractivity contribution is 5.75. The van der Waals surface area contributed by atoms with Crippen LogP contribution in [0.1, 0.15) is 24.5 Å². The molecule has 0 saturated heterocycles. The molecule has 2 aromatic rings. The predicted molar refractivity (Wildman–Crippen MR) is 111 cm³/mol. The average molecular weight is 358 g/mol. The molecule has 0 radical (unpaired) electrons. The molecule has 2 heterocycles. The minimum atomic E-state index is -0.245. The smallest absolute Gasteiger partial charge is 0.147 e. The molecule has 4 rings (SSSR count).